The molecule has 184 valence electrons. The van der Waals surface area contributed by atoms with Crippen LogP contribution in [-0.2, 0) is 0 Å². The molecular formula is C31H40N4. The molecule has 2 aromatic rings. The van der Waals surface area contributed by atoms with E-state index in [-0.39, 0.29) is 17.5 Å². The smallest absolute Gasteiger partial charge is 0.0816 e. The van der Waals surface area contributed by atoms with Crippen LogP contribution in [0.25, 0.3) is 6.08 Å². The fourth-order valence-corrected chi connectivity index (χ4v) is 5.27. The molecule has 0 saturated carbocycles. The number of anilines is 2. The van der Waals surface area contributed by atoms with E-state index in [4.69, 9.17) is 5.73 Å². The molecule has 0 aromatic heterocycles. The second kappa shape index (κ2) is 11.0. The Bertz CT molecular complexity index is 1090. The van der Waals surface area contributed by atoms with Gasteiger partial charge in [-0.05, 0) is 68.7 Å². The summed E-state index contributed by atoms with van der Waals surface area (Å²) in [6, 6.07) is 19.4. The highest BCUT2D eigenvalue weighted by atomic mass is 15.5. The molecule has 4 nitrogen and oxygen atoms in total. The van der Waals surface area contributed by atoms with E-state index < -0.39 is 0 Å². The summed E-state index contributed by atoms with van der Waals surface area (Å²) in [5.41, 5.74) is 16.3. The van der Waals surface area contributed by atoms with Crippen LogP contribution in [0.3, 0.4) is 0 Å². The van der Waals surface area contributed by atoms with Gasteiger partial charge in [-0.3, -0.25) is 10.4 Å². The minimum Gasteiger partial charge on any atom is -0.372 e. The second-order valence-electron chi connectivity index (χ2n) is 9.40. The van der Waals surface area contributed by atoms with E-state index in [1.54, 1.807) is 0 Å². The SMILES string of the molecule is CCC1=CC(N)C(CC)(C2C=C(C=Cc3ccc(N(CC)CC)cc3)NN2c2ccccc2)C=C1. The lowest BCUT2D eigenvalue weighted by atomic mass is 9.68. The number of nitrogens with two attached hydrogens (primary N) is 1. The van der Waals surface area contributed by atoms with Gasteiger partial charge in [-0.25, -0.2) is 0 Å². The van der Waals surface area contributed by atoms with Crippen molar-refractivity contribution in [2.24, 2.45) is 11.1 Å². The fourth-order valence-electron chi connectivity index (χ4n) is 5.27. The van der Waals surface area contributed by atoms with Gasteiger partial charge >= 0.3 is 0 Å². The van der Waals surface area contributed by atoms with Crippen molar-refractivity contribution in [2.75, 3.05) is 23.0 Å². The number of hydrogen-bond acceptors (Lipinski definition) is 4. The molecule has 35 heavy (non-hydrogen) atoms. The minimum absolute atomic E-state index is 0.0438. The molecule has 0 spiro atoms. The molecule has 0 saturated heterocycles. The minimum atomic E-state index is -0.192. The summed E-state index contributed by atoms with van der Waals surface area (Å²) < 4.78 is 0. The number of hydrogen-bond donors (Lipinski definition) is 2. The number of allylic oxidation sites excluding steroid dienone is 3. The van der Waals surface area contributed by atoms with E-state index in [2.05, 4.69) is 134 Å². The van der Waals surface area contributed by atoms with E-state index in [1.807, 2.05) is 0 Å². The Morgan fingerprint density at radius 3 is 2.26 bits per heavy atom. The maximum atomic E-state index is 6.85. The maximum Gasteiger partial charge on any atom is 0.0816 e. The summed E-state index contributed by atoms with van der Waals surface area (Å²) in [7, 11) is 0. The summed E-state index contributed by atoms with van der Waals surface area (Å²) in [5, 5.41) is 2.28. The van der Waals surface area contributed by atoms with Crippen molar-refractivity contribution >= 4 is 17.5 Å². The van der Waals surface area contributed by atoms with Gasteiger partial charge in [0.25, 0.3) is 0 Å². The summed E-state index contributed by atoms with van der Waals surface area (Å²) in [4.78, 5) is 2.36. The first-order chi connectivity index (χ1) is 17.0. The number of nitrogens with one attached hydrogen (secondary N) is 1. The molecule has 4 heteroatoms. The van der Waals surface area contributed by atoms with Gasteiger partial charge < -0.3 is 10.6 Å². The monoisotopic (exact) mass is 468 g/mol. The van der Waals surface area contributed by atoms with Crippen molar-refractivity contribution < 1.29 is 0 Å². The predicted octanol–water partition coefficient (Wildman–Crippen LogP) is 6.45. The van der Waals surface area contributed by atoms with Crippen LogP contribution in [0.5, 0.6) is 0 Å². The second-order valence-corrected chi connectivity index (χ2v) is 9.40. The zero-order valence-electron chi connectivity index (χ0n) is 21.6. The Labute approximate surface area is 211 Å². The van der Waals surface area contributed by atoms with E-state index in [9.17, 15) is 0 Å². The Morgan fingerprint density at radius 2 is 1.66 bits per heavy atom. The maximum absolute atomic E-state index is 6.85. The van der Waals surface area contributed by atoms with Gasteiger partial charge in [0.1, 0.15) is 0 Å². The molecule has 1 aliphatic carbocycles. The van der Waals surface area contributed by atoms with Crippen LogP contribution in [0.1, 0.15) is 46.1 Å². The Balaban J connectivity index is 1.63. The lowest BCUT2D eigenvalue weighted by molar-refractivity contribution is 0.278. The van der Waals surface area contributed by atoms with Gasteiger partial charge in [0, 0.05) is 30.2 Å². The normalized spacial score (nSPS) is 23.9. The lowest BCUT2D eigenvalue weighted by Gasteiger charge is -2.45. The first kappa shape index (κ1) is 24.9. The third-order valence-electron chi connectivity index (χ3n) is 7.57. The van der Waals surface area contributed by atoms with Crippen molar-refractivity contribution in [3.05, 3.63) is 102 Å². The molecule has 0 radical (unpaired) electrons. The molecule has 1 heterocycles. The summed E-state index contributed by atoms with van der Waals surface area (Å²) in [6.07, 6.45) is 15.5. The average Bonchev–Trinajstić information content (AvgIpc) is 3.34. The highest BCUT2D eigenvalue weighted by Crippen LogP contribution is 2.42. The van der Waals surface area contributed by atoms with Gasteiger partial charge in [0.05, 0.1) is 17.4 Å². The van der Waals surface area contributed by atoms with Crippen molar-refractivity contribution in [3.63, 3.8) is 0 Å². The van der Waals surface area contributed by atoms with Crippen LogP contribution < -0.4 is 21.1 Å². The van der Waals surface area contributed by atoms with Crippen LogP contribution in [0.2, 0.25) is 0 Å². The average molecular weight is 469 g/mol. The van der Waals surface area contributed by atoms with Gasteiger partial charge in [-0.2, -0.15) is 0 Å². The van der Waals surface area contributed by atoms with Crippen LogP contribution in [0, 0.1) is 5.41 Å². The van der Waals surface area contributed by atoms with Crippen LogP contribution in [-0.4, -0.2) is 25.2 Å². The Morgan fingerprint density at radius 1 is 0.943 bits per heavy atom. The number of para-hydroxylation sites is 1. The topological polar surface area (TPSA) is 44.5 Å². The van der Waals surface area contributed by atoms with Crippen LogP contribution in [0.4, 0.5) is 11.4 Å². The quantitative estimate of drug-likeness (QED) is 0.444. The van der Waals surface area contributed by atoms with Gasteiger partial charge in [-0.15, -0.1) is 0 Å². The van der Waals surface area contributed by atoms with E-state index >= 15 is 0 Å². The third-order valence-corrected chi connectivity index (χ3v) is 7.57. The molecule has 2 aromatic carbocycles. The van der Waals surface area contributed by atoms with Gasteiger partial charge in [-0.1, -0.05) is 74.1 Å². The third kappa shape index (κ3) is 5.08. The molecule has 1 aliphatic heterocycles. The van der Waals surface area contributed by atoms with Crippen molar-refractivity contribution in [1.29, 1.82) is 0 Å². The first-order valence-corrected chi connectivity index (χ1v) is 13.1. The zero-order chi connectivity index (χ0) is 24.8. The molecule has 4 rings (SSSR count). The molecule has 3 N–H and O–H groups in total. The predicted molar refractivity (Wildman–Crippen MR) is 151 cm³/mol. The van der Waals surface area contributed by atoms with Crippen molar-refractivity contribution in [2.45, 2.75) is 52.6 Å². The van der Waals surface area contributed by atoms with Crippen LogP contribution >= 0.6 is 0 Å². The zero-order valence-corrected chi connectivity index (χ0v) is 21.6. The fraction of sp³-hybridized carbons (Fsp3) is 0.355. The molecule has 0 amide bonds. The molecule has 3 atom stereocenters. The largest absolute Gasteiger partial charge is 0.372 e. The molecule has 0 bridgehead atoms. The highest BCUT2D eigenvalue weighted by molar-refractivity contribution is 5.60. The van der Waals surface area contributed by atoms with E-state index in [1.165, 1.54) is 16.8 Å². The lowest BCUT2D eigenvalue weighted by Crippen LogP contribution is -2.55. The van der Waals surface area contributed by atoms with Crippen molar-refractivity contribution in [3.8, 4) is 0 Å². The van der Waals surface area contributed by atoms with Gasteiger partial charge in [0.15, 0.2) is 0 Å². The van der Waals surface area contributed by atoms with E-state index in [0.29, 0.717) is 0 Å². The Hall–Kier alpha value is -3.24. The first-order valence-electron chi connectivity index (χ1n) is 13.1. The van der Waals surface area contributed by atoms with Gasteiger partial charge in [0.2, 0.25) is 0 Å². The highest BCUT2D eigenvalue weighted by Gasteiger charge is 2.45. The number of rotatable bonds is 9. The summed E-state index contributed by atoms with van der Waals surface area (Å²) in [5.74, 6) is 0. The van der Waals surface area contributed by atoms with E-state index in [0.717, 1.165) is 37.3 Å². The molecule has 3 unspecified atom stereocenters. The molecular weight excluding hydrogens is 428 g/mol. The summed E-state index contributed by atoms with van der Waals surface area (Å²) >= 11 is 0. The number of hydrazine groups is 1. The number of benzene rings is 2. The molecule has 0 fully saturated rings. The standard InChI is InChI=1S/C31H40N4/c1-5-24-20-21-31(6-2,29(32)22-24)30-23-26(33-35(30)28-12-10-9-11-13-28)17-14-25-15-18-27(19-16-25)34(7-3)8-4/h9-23,29-30,33H,5-8,32H2,1-4H3. The Kier molecular flexibility index (Phi) is 7.82. The summed E-state index contributed by atoms with van der Waals surface area (Å²) in [6.45, 7) is 10.9. The van der Waals surface area contributed by atoms with Crippen LogP contribution in [0.15, 0.2) is 96.2 Å². The molecule has 2 aliphatic rings. The number of nitrogens with zero attached hydrogens (tertiary/aromatic N) is 2. The van der Waals surface area contributed by atoms with Crippen molar-refractivity contribution in [1.82, 2.24) is 5.43 Å².